The van der Waals surface area contributed by atoms with E-state index in [-0.39, 0.29) is 11.9 Å². The van der Waals surface area contributed by atoms with Crippen LogP contribution in [0.15, 0.2) is 24.3 Å². The molecule has 1 rings (SSSR count). The maximum atomic E-state index is 12.8. The quantitative estimate of drug-likeness (QED) is 0.803. The smallest absolute Gasteiger partial charge is 0.166 e. The Morgan fingerprint density at radius 3 is 2.39 bits per heavy atom. The van der Waals surface area contributed by atoms with Crippen molar-refractivity contribution >= 4 is 17.3 Å². The molecule has 0 spiro atoms. The van der Waals surface area contributed by atoms with Gasteiger partial charge in [-0.2, -0.15) is 0 Å². The number of hydrogen-bond donors (Lipinski definition) is 2. The van der Waals surface area contributed by atoms with E-state index < -0.39 is 0 Å². The normalized spacial score (nSPS) is 12.3. The van der Waals surface area contributed by atoms with Gasteiger partial charge in [0.05, 0.1) is 0 Å². The van der Waals surface area contributed by atoms with E-state index in [9.17, 15) is 4.39 Å². The van der Waals surface area contributed by atoms with Crippen LogP contribution < -0.4 is 10.6 Å². The largest absolute Gasteiger partial charge is 0.362 e. The molecular weight excluding hydrogens is 247 g/mol. The topological polar surface area (TPSA) is 24.1 Å². The molecule has 1 atom stereocenters. The van der Waals surface area contributed by atoms with Crippen LogP contribution in [0.4, 0.5) is 4.39 Å². The fourth-order valence-corrected chi connectivity index (χ4v) is 1.88. The third-order valence-electron chi connectivity index (χ3n) is 2.50. The molecule has 0 aliphatic rings. The minimum Gasteiger partial charge on any atom is -0.362 e. The highest BCUT2D eigenvalue weighted by molar-refractivity contribution is 7.80. The summed E-state index contributed by atoms with van der Waals surface area (Å²) in [5.74, 6) is 0.366. The molecule has 0 amide bonds. The van der Waals surface area contributed by atoms with E-state index >= 15 is 0 Å². The summed E-state index contributed by atoms with van der Waals surface area (Å²) in [6.45, 7) is 7.21. The maximum absolute atomic E-state index is 12.8. The van der Waals surface area contributed by atoms with Crippen LogP contribution in [0.2, 0.25) is 0 Å². The molecule has 0 fully saturated rings. The summed E-state index contributed by atoms with van der Waals surface area (Å²) in [6.07, 6.45) is 0.823. The summed E-state index contributed by atoms with van der Waals surface area (Å²) in [5.41, 5.74) is 1.10. The van der Waals surface area contributed by atoms with Crippen LogP contribution >= 0.6 is 12.2 Å². The molecule has 1 aromatic carbocycles. The van der Waals surface area contributed by atoms with Gasteiger partial charge in [-0.3, -0.25) is 0 Å². The summed E-state index contributed by atoms with van der Waals surface area (Å²) >= 11 is 5.20. The average molecular weight is 268 g/mol. The first-order valence-corrected chi connectivity index (χ1v) is 6.67. The number of halogens is 1. The van der Waals surface area contributed by atoms with Crippen molar-refractivity contribution in [1.29, 1.82) is 0 Å². The SMILES string of the molecule is CC(C)CNC(=S)NC(C)Cc1ccc(F)cc1. The molecule has 2 N–H and O–H groups in total. The van der Waals surface area contributed by atoms with Crippen molar-refractivity contribution in [3.8, 4) is 0 Å². The van der Waals surface area contributed by atoms with E-state index in [1.54, 1.807) is 12.1 Å². The lowest BCUT2D eigenvalue weighted by atomic mass is 10.1. The van der Waals surface area contributed by atoms with E-state index in [4.69, 9.17) is 12.2 Å². The molecule has 1 unspecified atom stereocenters. The lowest BCUT2D eigenvalue weighted by molar-refractivity contribution is 0.599. The predicted octanol–water partition coefficient (Wildman–Crippen LogP) is 2.88. The Labute approximate surface area is 114 Å². The van der Waals surface area contributed by atoms with Crippen LogP contribution in [-0.2, 0) is 6.42 Å². The van der Waals surface area contributed by atoms with Gasteiger partial charge < -0.3 is 10.6 Å². The Morgan fingerprint density at radius 2 is 1.83 bits per heavy atom. The van der Waals surface area contributed by atoms with E-state index in [0.29, 0.717) is 11.0 Å². The highest BCUT2D eigenvalue weighted by Gasteiger charge is 2.05. The summed E-state index contributed by atoms with van der Waals surface area (Å²) < 4.78 is 12.8. The Morgan fingerprint density at radius 1 is 1.22 bits per heavy atom. The number of nitrogens with one attached hydrogen (secondary N) is 2. The van der Waals surface area contributed by atoms with Crippen molar-refractivity contribution in [2.75, 3.05) is 6.54 Å². The van der Waals surface area contributed by atoms with Crippen LogP contribution in [0.3, 0.4) is 0 Å². The first-order chi connectivity index (χ1) is 8.47. The molecule has 0 saturated heterocycles. The Kier molecular flexibility index (Phi) is 6.05. The molecule has 0 bridgehead atoms. The molecule has 0 aromatic heterocycles. The van der Waals surface area contributed by atoms with E-state index in [2.05, 4.69) is 31.4 Å². The zero-order valence-corrected chi connectivity index (χ0v) is 12.0. The maximum Gasteiger partial charge on any atom is 0.166 e. The average Bonchev–Trinajstić information content (AvgIpc) is 2.29. The minimum atomic E-state index is -0.200. The van der Waals surface area contributed by atoms with Gasteiger partial charge in [0, 0.05) is 12.6 Å². The second kappa shape index (κ2) is 7.31. The van der Waals surface area contributed by atoms with Crippen LogP contribution in [0.25, 0.3) is 0 Å². The Balaban J connectivity index is 2.34. The predicted molar refractivity (Wildman–Crippen MR) is 78.1 cm³/mol. The van der Waals surface area contributed by atoms with Crippen LogP contribution in [0.5, 0.6) is 0 Å². The fraction of sp³-hybridized carbons (Fsp3) is 0.500. The zero-order valence-electron chi connectivity index (χ0n) is 11.2. The number of hydrogen-bond acceptors (Lipinski definition) is 1. The van der Waals surface area contributed by atoms with Crippen molar-refractivity contribution in [3.05, 3.63) is 35.6 Å². The molecule has 4 heteroatoms. The fourth-order valence-electron chi connectivity index (χ4n) is 1.60. The lowest BCUT2D eigenvalue weighted by Crippen LogP contribution is -2.42. The monoisotopic (exact) mass is 268 g/mol. The van der Waals surface area contributed by atoms with Crippen LogP contribution in [-0.4, -0.2) is 17.7 Å². The molecule has 0 aliphatic carbocycles. The van der Waals surface area contributed by atoms with Gasteiger partial charge in [-0.05, 0) is 49.2 Å². The van der Waals surface area contributed by atoms with E-state index in [1.807, 2.05) is 0 Å². The van der Waals surface area contributed by atoms with Crippen molar-refractivity contribution in [2.45, 2.75) is 33.2 Å². The molecule has 0 radical (unpaired) electrons. The van der Waals surface area contributed by atoms with E-state index in [0.717, 1.165) is 18.5 Å². The first kappa shape index (κ1) is 14.9. The van der Waals surface area contributed by atoms with Gasteiger partial charge in [0.1, 0.15) is 5.82 Å². The molecule has 100 valence electrons. The van der Waals surface area contributed by atoms with Crippen molar-refractivity contribution < 1.29 is 4.39 Å². The number of benzene rings is 1. The van der Waals surface area contributed by atoms with Crippen LogP contribution in [0.1, 0.15) is 26.3 Å². The third-order valence-corrected chi connectivity index (χ3v) is 2.77. The number of rotatable bonds is 5. The molecule has 0 heterocycles. The Hall–Kier alpha value is -1.16. The number of thiocarbonyl (C=S) groups is 1. The Bertz CT molecular complexity index is 376. The standard InChI is InChI=1S/C14H21FN2S/c1-10(2)9-16-14(18)17-11(3)8-12-4-6-13(15)7-5-12/h4-7,10-11H,8-9H2,1-3H3,(H2,16,17,18). The summed E-state index contributed by atoms with van der Waals surface area (Å²) in [7, 11) is 0. The van der Waals surface area contributed by atoms with Gasteiger partial charge in [-0.15, -0.1) is 0 Å². The van der Waals surface area contributed by atoms with Crippen molar-refractivity contribution in [3.63, 3.8) is 0 Å². The molecule has 1 aromatic rings. The van der Waals surface area contributed by atoms with Gasteiger partial charge in [-0.1, -0.05) is 26.0 Å². The molecule has 18 heavy (non-hydrogen) atoms. The van der Waals surface area contributed by atoms with Gasteiger partial charge in [0.2, 0.25) is 0 Å². The van der Waals surface area contributed by atoms with Gasteiger partial charge in [0.15, 0.2) is 5.11 Å². The summed E-state index contributed by atoms with van der Waals surface area (Å²) in [4.78, 5) is 0. The van der Waals surface area contributed by atoms with E-state index in [1.165, 1.54) is 12.1 Å². The van der Waals surface area contributed by atoms with Crippen molar-refractivity contribution in [1.82, 2.24) is 10.6 Å². The van der Waals surface area contributed by atoms with Crippen molar-refractivity contribution in [2.24, 2.45) is 5.92 Å². The highest BCUT2D eigenvalue weighted by Crippen LogP contribution is 2.05. The molecule has 0 aliphatic heterocycles. The third kappa shape index (κ3) is 5.96. The van der Waals surface area contributed by atoms with Gasteiger partial charge in [-0.25, -0.2) is 4.39 Å². The van der Waals surface area contributed by atoms with Crippen LogP contribution in [0, 0.1) is 11.7 Å². The molecule has 0 saturated carbocycles. The summed E-state index contributed by atoms with van der Waals surface area (Å²) in [5, 5.41) is 7.07. The zero-order chi connectivity index (χ0) is 13.5. The lowest BCUT2D eigenvalue weighted by Gasteiger charge is -2.18. The highest BCUT2D eigenvalue weighted by atomic mass is 32.1. The second-order valence-electron chi connectivity index (χ2n) is 4.98. The second-order valence-corrected chi connectivity index (χ2v) is 5.39. The van der Waals surface area contributed by atoms with Gasteiger partial charge >= 0.3 is 0 Å². The first-order valence-electron chi connectivity index (χ1n) is 6.26. The summed E-state index contributed by atoms with van der Waals surface area (Å²) in [6, 6.07) is 6.80. The minimum absolute atomic E-state index is 0.200. The molecular formula is C14H21FN2S. The molecule has 2 nitrogen and oxygen atoms in total. The van der Waals surface area contributed by atoms with Gasteiger partial charge in [0.25, 0.3) is 0 Å².